The fraction of sp³-hybridized carbons (Fsp3) is 0.938. The summed E-state index contributed by atoms with van der Waals surface area (Å²) in [5.41, 5.74) is -0.784. The molecule has 0 saturated heterocycles. The first-order valence-corrected chi connectivity index (χ1v) is 7.95. The highest BCUT2D eigenvalue weighted by atomic mass is 19.3. The van der Waals surface area contributed by atoms with E-state index in [1.807, 2.05) is 20.8 Å². The number of amides is 1. The Labute approximate surface area is 142 Å². The molecule has 1 unspecified atom stereocenters. The minimum atomic E-state index is -3.27. The van der Waals surface area contributed by atoms with Gasteiger partial charge >= 0.3 is 0 Å². The lowest BCUT2D eigenvalue weighted by molar-refractivity contribution is -0.134. The van der Waals surface area contributed by atoms with Crippen LogP contribution in [0.1, 0.15) is 41.5 Å². The van der Waals surface area contributed by atoms with Crippen LogP contribution in [0.5, 0.6) is 0 Å². The van der Waals surface area contributed by atoms with Gasteiger partial charge in [-0.2, -0.15) is 0 Å². The van der Waals surface area contributed by atoms with Gasteiger partial charge in [0.05, 0.1) is 18.8 Å². The van der Waals surface area contributed by atoms with Crippen molar-refractivity contribution in [1.82, 2.24) is 10.6 Å². The summed E-state index contributed by atoms with van der Waals surface area (Å²) < 4.78 is 50.5. The van der Waals surface area contributed by atoms with Crippen LogP contribution in [0.4, 0.5) is 13.2 Å². The minimum absolute atomic E-state index is 0.0238. The van der Waals surface area contributed by atoms with Crippen molar-refractivity contribution in [3.8, 4) is 0 Å². The topological polar surface area (TPSA) is 59.6 Å². The van der Waals surface area contributed by atoms with Crippen molar-refractivity contribution in [2.75, 3.05) is 32.9 Å². The predicted octanol–water partition coefficient (Wildman–Crippen LogP) is 2.30. The second kappa shape index (κ2) is 9.58. The van der Waals surface area contributed by atoms with Crippen molar-refractivity contribution in [1.29, 1.82) is 0 Å². The Hall–Kier alpha value is -0.860. The summed E-state index contributed by atoms with van der Waals surface area (Å²) in [5.74, 6) is -3.91. The molecule has 0 rings (SSSR count). The SMILES string of the molecule is CC(C)(C)NCC(F)COCC(F)(F)CNC(=O)COC(C)(C)C. The first kappa shape index (κ1) is 23.1. The number of carbonyl (C=O) groups excluding carboxylic acids is 1. The summed E-state index contributed by atoms with van der Waals surface area (Å²) in [6, 6.07) is 0. The van der Waals surface area contributed by atoms with E-state index in [1.165, 1.54) is 0 Å². The monoisotopic (exact) mass is 356 g/mol. The van der Waals surface area contributed by atoms with Crippen molar-refractivity contribution in [3.63, 3.8) is 0 Å². The lowest BCUT2D eigenvalue weighted by atomic mass is 10.1. The van der Waals surface area contributed by atoms with Gasteiger partial charge in [-0.1, -0.05) is 0 Å². The van der Waals surface area contributed by atoms with Crippen LogP contribution in [0.15, 0.2) is 0 Å². The number of alkyl halides is 3. The number of rotatable bonds is 10. The summed E-state index contributed by atoms with van der Waals surface area (Å²) in [6.07, 6.45) is -1.38. The highest BCUT2D eigenvalue weighted by molar-refractivity contribution is 5.77. The zero-order valence-corrected chi connectivity index (χ0v) is 15.5. The van der Waals surface area contributed by atoms with E-state index in [2.05, 4.69) is 10.6 Å². The van der Waals surface area contributed by atoms with Gasteiger partial charge in [-0.05, 0) is 41.5 Å². The molecule has 0 aromatic carbocycles. The lowest BCUT2D eigenvalue weighted by Crippen LogP contribution is -2.43. The van der Waals surface area contributed by atoms with Crippen LogP contribution in [0.2, 0.25) is 0 Å². The molecule has 0 fully saturated rings. The van der Waals surface area contributed by atoms with Gasteiger partial charge in [0.1, 0.15) is 19.4 Å². The van der Waals surface area contributed by atoms with Crippen LogP contribution in [0, 0.1) is 0 Å². The smallest absolute Gasteiger partial charge is 0.287 e. The van der Waals surface area contributed by atoms with E-state index in [1.54, 1.807) is 20.8 Å². The van der Waals surface area contributed by atoms with E-state index >= 15 is 0 Å². The molecule has 24 heavy (non-hydrogen) atoms. The van der Waals surface area contributed by atoms with E-state index in [-0.39, 0.29) is 18.7 Å². The Morgan fingerprint density at radius 2 is 1.71 bits per heavy atom. The Kier molecular flexibility index (Phi) is 9.24. The second-order valence-corrected chi connectivity index (χ2v) is 7.78. The van der Waals surface area contributed by atoms with Crippen molar-refractivity contribution in [2.45, 2.75) is 64.8 Å². The Bertz CT molecular complexity index is 380. The quantitative estimate of drug-likeness (QED) is 0.631. The number of hydrogen-bond donors (Lipinski definition) is 2. The van der Waals surface area contributed by atoms with E-state index < -0.39 is 43.4 Å². The zero-order valence-electron chi connectivity index (χ0n) is 15.5. The van der Waals surface area contributed by atoms with Crippen LogP contribution >= 0.6 is 0 Å². The molecule has 8 heteroatoms. The highest BCUT2D eigenvalue weighted by Gasteiger charge is 2.30. The first-order valence-electron chi connectivity index (χ1n) is 7.95. The van der Waals surface area contributed by atoms with Crippen molar-refractivity contribution < 1.29 is 27.4 Å². The fourth-order valence-corrected chi connectivity index (χ4v) is 1.42. The fourth-order valence-electron chi connectivity index (χ4n) is 1.42. The average molecular weight is 356 g/mol. The summed E-state index contributed by atoms with van der Waals surface area (Å²) in [6.45, 7) is 8.35. The molecule has 0 radical (unpaired) electrons. The molecule has 1 atom stereocenters. The molecule has 0 aromatic rings. The molecule has 2 N–H and O–H groups in total. The number of nitrogens with one attached hydrogen (secondary N) is 2. The number of halogens is 3. The molecule has 5 nitrogen and oxygen atoms in total. The van der Waals surface area contributed by atoms with Crippen LogP contribution < -0.4 is 10.6 Å². The Morgan fingerprint density at radius 1 is 1.12 bits per heavy atom. The third-order valence-electron chi connectivity index (χ3n) is 2.65. The Morgan fingerprint density at radius 3 is 2.21 bits per heavy atom. The molecule has 0 aliphatic carbocycles. The molecule has 0 aliphatic rings. The van der Waals surface area contributed by atoms with Gasteiger partial charge in [0.25, 0.3) is 5.92 Å². The molecule has 0 saturated carbocycles. The normalized spacial score (nSPS) is 14.5. The highest BCUT2D eigenvalue weighted by Crippen LogP contribution is 2.13. The zero-order chi connectivity index (χ0) is 19.0. The number of carbonyl (C=O) groups is 1. The van der Waals surface area contributed by atoms with Gasteiger partial charge in [-0.15, -0.1) is 0 Å². The maximum Gasteiger partial charge on any atom is 0.287 e. The summed E-state index contributed by atoms with van der Waals surface area (Å²) in [4.78, 5) is 11.4. The summed E-state index contributed by atoms with van der Waals surface area (Å²) in [7, 11) is 0. The number of hydrogen-bond acceptors (Lipinski definition) is 4. The van der Waals surface area contributed by atoms with Crippen LogP contribution in [-0.2, 0) is 14.3 Å². The van der Waals surface area contributed by atoms with Crippen molar-refractivity contribution in [2.24, 2.45) is 0 Å². The van der Waals surface area contributed by atoms with Crippen LogP contribution in [0.3, 0.4) is 0 Å². The van der Waals surface area contributed by atoms with Crippen molar-refractivity contribution >= 4 is 5.91 Å². The molecule has 0 bridgehead atoms. The largest absolute Gasteiger partial charge is 0.372 e. The molecule has 0 aromatic heterocycles. The third kappa shape index (κ3) is 14.7. The van der Waals surface area contributed by atoms with E-state index in [0.717, 1.165) is 0 Å². The maximum absolute atomic E-state index is 13.6. The van der Waals surface area contributed by atoms with Crippen LogP contribution in [0.25, 0.3) is 0 Å². The van der Waals surface area contributed by atoms with Gasteiger partial charge < -0.3 is 20.1 Å². The standard InChI is InChI=1S/C16H31F3N2O3/c1-14(2,3)21-7-12(17)8-23-11-16(18,19)10-20-13(22)9-24-15(4,5)6/h12,21H,7-11H2,1-6H3,(H,20,22). The van der Waals surface area contributed by atoms with Gasteiger partial charge in [0.15, 0.2) is 0 Å². The molecule has 0 spiro atoms. The first-order chi connectivity index (χ1) is 10.7. The molecular weight excluding hydrogens is 325 g/mol. The molecule has 144 valence electrons. The molecule has 1 amide bonds. The van der Waals surface area contributed by atoms with Crippen LogP contribution in [-0.4, -0.2) is 62.1 Å². The molecule has 0 heterocycles. The second-order valence-electron chi connectivity index (χ2n) is 7.78. The maximum atomic E-state index is 13.6. The van der Waals surface area contributed by atoms with E-state index in [0.29, 0.717) is 0 Å². The van der Waals surface area contributed by atoms with Crippen molar-refractivity contribution in [3.05, 3.63) is 0 Å². The van der Waals surface area contributed by atoms with Gasteiger partial charge in [-0.3, -0.25) is 4.79 Å². The van der Waals surface area contributed by atoms with Gasteiger partial charge in [0, 0.05) is 12.1 Å². The summed E-state index contributed by atoms with van der Waals surface area (Å²) in [5, 5.41) is 5.00. The van der Waals surface area contributed by atoms with E-state index in [9.17, 15) is 18.0 Å². The predicted molar refractivity (Wildman–Crippen MR) is 87.1 cm³/mol. The van der Waals surface area contributed by atoms with E-state index in [4.69, 9.17) is 9.47 Å². The molecule has 0 aliphatic heterocycles. The summed E-state index contributed by atoms with van der Waals surface area (Å²) >= 11 is 0. The Balaban J connectivity index is 3.95. The minimum Gasteiger partial charge on any atom is -0.372 e. The van der Waals surface area contributed by atoms with Gasteiger partial charge in [-0.25, -0.2) is 13.2 Å². The average Bonchev–Trinajstić information content (AvgIpc) is 2.39. The van der Waals surface area contributed by atoms with Gasteiger partial charge in [0.2, 0.25) is 5.91 Å². The lowest BCUT2D eigenvalue weighted by Gasteiger charge is -2.23. The number of ether oxygens (including phenoxy) is 2. The third-order valence-corrected chi connectivity index (χ3v) is 2.65. The molecular formula is C16H31F3N2O3.